The maximum Gasteiger partial charge on any atom is 0.339 e. The molecular formula is C22H18N2O5. The van der Waals surface area contributed by atoms with Crippen molar-refractivity contribution in [1.29, 1.82) is 0 Å². The Morgan fingerprint density at radius 1 is 1.21 bits per heavy atom. The highest BCUT2D eigenvalue weighted by atomic mass is 16.5. The number of hydrogen-bond acceptors (Lipinski definition) is 7. The lowest BCUT2D eigenvalue weighted by atomic mass is 10.1. The number of ketones is 1. The van der Waals surface area contributed by atoms with Crippen molar-refractivity contribution in [3.8, 4) is 0 Å². The number of carbonyl (C=O) groups is 2. The maximum absolute atomic E-state index is 12.8. The third kappa shape index (κ3) is 2.99. The Kier molecular flexibility index (Phi) is 3.97. The van der Waals surface area contributed by atoms with E-state index >= 15 is 0 Å². The van der Waals surface area contributed by atoms with Crippen LogP contribution < -0.4 is 0 Å². The summed E-state index contributed by atoms with van der Waals surface area (Å²) < 4.78 is 16.2. The summed E-state index contributed by atoms with van der Waals surface area (Å²) in [6.07, 6.45) is 2.06. The first-order valence-corrected chi connectivity index (χ1v) is 9.48. The predicted molar refractivity (Wildman–Crippen MR) is 104 cm³/mol. The second-order valence-corrected chi connectivity index (χ2v) is 7.37. The highest BCUT2D eigenvalue weighted by Crippen LogP contribution is 2.40. The Labute approximate surface area is 165 Å². The van der Waals surface area contributed by atoms with Crippen molar-refractivity contribution < 1.29 is 23.3 Å². The summed E-state index contributed by atoms with van der Waals surface area (Å²) in [6.45, 7) is 3.14. The molecule has 3 aromatic heterocycles. The second-order valence-electron chi connectivity index (χ2n) is 7.37. The van der Waals surface area contributed by atoms with Crippen molar-refractivity contribution in [2.75, 3.05) is 6.61 Å². The third-order valence-corrected chi connectivity index (χ3v) is 5.28. The summed E-state index contributed by atoms with van der Waals surface area (Å²) in [4.78, 5) is 29.9. The van der Waals surface area contributed by atoms with Crippen LogP contribution in [0.15, 0.2) is 39.3 Å². The number of Topliss-reactive ketones (excluding diaryl/α,β-unsaturated/α-hetero) is 1. The fraction of sp³-hybridized carbons (Fsp3) is 0.273. The fourth-order valence-corrected chi connectivity index (χ4v) is 3.58. The van der Waals surface area contributed by atoms with Crippen molar-refractivity contribution in [2.45, 2.75) is 32.6 Å². The number of furan rings is 1. The number of ether oxygens (including phenoxy) is 1. The summed E-state index contributed by atoms with van der Waals surface area (Å²) >= 11 is 0. The van der Waals surface area contributed by atoms with Crippen LogP contribution in [0.3, 0.4) is 0 Å². The number of fused-ring (bicyclic) bond motifs is 2. The van der Waals surface area contributed by atoms with E-state index in [0.29, 0.717) is 33.9 Å². The van der Waals surface area contributed by atoms with Crippen LogP contribution in [0.2, 0.25) is 0 Å². The molecule has 0 saturated heterocycles. The topological polar surface area (TPSA) is 95.4 Å². The molecular weight excluding hydrogens is 372 g/mol. The Bertz CT molecular complexity index is 1280. The molecule has 1 fully saturated rings. The number of aromatic nitrogens is 2. The van der Waals surface area contributed by atoms with Crippen LogP contribution in [0, 0.1) is 13.8 Å². The second kappa shape index (κ2) is 6.55. The molecule has 0 aliphatic heterocycles. The highest BCUT2D eigenvalue weighted by Gasteiger charge is 2.29. The summed E-state index contributed by atoms with van der Waals surface area (Å²) in [5.41, 5.74) is 3.35. The molecule has 7 nitrogen and oxygen atoms in total. The van der Waals surface area contributed by atoms with Gasteiger partial charge in [0.2, 0.25) is 5.78 Å². The molecule has 0 atom stereocenters. The van der Waals surface area contributed by atoms with Crippen molar-refractivity contribution in [3.05, 3.63) is 58.6 Å². The van der Waals surface area contributed by atoms with E-state index in [4.69, 9.17) is 13.7 Å². The monoisotopic (exact) mass is 390 g/mol. The number of aryl methyl sites for hydroxylation is 2. The normalized spacial score (nSPS) is 13.9. The number of hydrogen-bond donors (Lipinski definition) is 0. The minimum absolute atomic E-state index is 0.207. The van der Waals surface area contributed by atoms with Gasteiger partial charge in [-0.1, -0.05) is 23.4 Å². The highest BCUT2D eigenvalue weighted by molar-refractivity contribution is 6.05. The largest absolute Gasteiger partial charge is 0.454 e. The number of esters is 1. The third-order valence-electron chi connectivity index (χ3n) is 5.28. The van der Waals surface area contributed by atoms with Gasteiger partial charge in [-0.2, -0.15) is 0 Å². The smallest absolute Gasteiger partial charge is 0.339 e. The number of para-hydroxylation sites is 1. The quantitative estimate of drug-likeness (QED) is 0.365. The van der Waals surface area contributed by atoms with E-state index in [2.05, 4.69) is 10.1 Å². The van der Waals surface area contributed by atoms with Crippen molar-refractivity contribution >= 4 is 33.8 Å². The molecule has 5 rings (SSSR count). The fourth-order valence-electron chi connectivity index (χ4n) is 3.58. The van der Waals surface area contributed by atoms with Crippen molar-refractivity contribution in [3.63, 3.8) is 0 Å². The van der Waals surface area contributed by atoms with Crippen LogP contribution in [0.1, 0.15) is 56.6 Å². The van der Waals surface area contributed by atoms with Crippen LogP contribution in [-0.2, 0) is 4.74 Å². The average molecular weight is 390 g/mol. The van der Waals surface area contributed by atoms with Gasteiger partial charge < -0.3 is 13.7 Å². The first-order chi connectivity index (χ1) is 14.0. The molecule has 3 heterocycles. The van der Waals surface area contributed by atoms with E-state index in [1.165, 1.54) is 0 Å². The molecule has 0 radical (unpaired) electrons. The van der Waals surface area contributed by atoms with Gasteiger partial charge in [-0.25, -0.2) is 9.78 Å². The van der Waals surface area contributed by atoms with Gasteiger partial charge in [0, 0.05) is 22.6 Å². The van der Waals surface area contributed by atoms with Crippen LogP contribution in [0.5, 0.6) is 0 Å². The minimum Gasteiger partial charge on any atom is -0.454 e. The number of benzene rings is 1. The van der Waals surface area contributed by atoms with E-state index in [9.17, 15) is 9.59 Å². The molecule has 146 valence electrons. The number of pyridine rings is 1. The molecule has 0 spiro atoms. The zero-order valence-corrected chi connectivity index (χ0v) is 16.0. The van der Waals surface area contributed by atoms with Gasteiger partial charge in [0.15, 0.2) is 12.4 Å². The summed E-state index contributed by atoms with van der Waals surface area (Å²) in [7, 11) is 0. The molecule has 4 aromatic rings. The minimum atomic E-state index is -0.604. The van der Waals surface area contributed by atoms with E-state index in [-0.39, 0.29) is 11.5 Å². The number of nitrogens with zero attached hydrogens (tertiary/aromatic N) is 2. The molecule has 7 heteroatoms. The SMILES string of the molecule is Cc1c(C(=O)COC(=O)c2cc(C3CC3)nc3onc(C)c23)oc2ccccc12. The lowest BCUT2D eigenvalue weighted by molar-refractivity contribution is 0.0469. The van der Waals surface area contributed by atoms with Crippen molar-refractivity contribution in [1.82, 2.24) is 10.1 Å². The molecule has 0 unspecified atom stereocenters. The van der Waals surface area contributed by atoms with E-state index in [1.807, 2.05) is 25.1 Å². The van der Waals surface area contributed by atoms with Gasteiger partial charge in [0.25, 0.3) is 5.71 Å². The van der Waals surface area contributed by atoms with Crippen LogP contribution in [0.4, 0.5) is 0 Å². The average Bonchev–Trinajstić information content (AvgIpc) is 3.45. The van der Waals surface area contributed by atoms with Gasteiger partial charge >= 0.3 is 5.97 Å². The number of rotatable bonds is 5. The van der Waals surface area contributed by atoms with Gasteiger partial charge in [0.1, 0.15) is 5.58 Å². The Hall–Kier alpha value is -3.48. The maximum atomic E-state index is 12.8. The van der Waals surface area contributed by atoms with Gasteiger partial charge in [-0.05, 0) is 38.8 Å². The van der Waals surface area contributed by atoms with Crippen LogP contribution >= 0.6 is 0 Å². The van der Waals surface area contributed by atoms with E-state index in [1.54, 1.807) is 19.1 Å². The first kappa shape index (κ1) is 17.6. The van der Waals surface area contributed by atoms with E-state index < -0.39 is 12.6 Å². The lowest BCUT2D eigenvalue weighted by Crippen LogP contribution is -2.15. The van der Waals surface area contributed by atoms with Gasteiger partial charge in [-0.15, -0.1) is 0 Å². The lowest BCUT2D eigenvalue weighted by Gasteiger charge is -2.06. The standard InChI is InChI=1S/C22H18N2O5/c1-11-14-5-3-4-6-18(14)28-20(11)17(25)10-27-22(26)15-9-16(13-7-8-13)23-21-19(15)12(2)24-29-21/h3-6,9,13H,7-8,10H2,1-2H3. The molecule has 1 aliphatic rings. The molecule has 29 heavy (non-hydrogen) atoms. The van der Waals surface area contributed by atoms with Crippen LogP contribution in [-0.4, -0.2) is 28.5 Å². The summed E-state index contributed by atoms with van der Waals surface area (Å²) in [6, 6.07) is 9.13. The molecule has 0 bridgehead atoms. The van der Waals surface area contributed by atoms with Gasteiger partial charge in [-0.3, -0.25) is 4.79 Å². The van der Waals surface area contributed by atoms with Crippen LogP contribution in [0.25, 0.3) is 22.1 Å². The summed E-state index contributed by atoms with van der Waals surface area (Å²) in [5.74, 6) is -0.454. The zero-order valence-electron chi connectivity index (χ0n) is 16.0. The Morgan fingerprint density at radius 3 is 2.76 bits per heavy atom. The number of carbonyl (C=O) groups excluding carboxylic acids is 2. The molecule has 1 saturated carbocycles. The zero-order chi connectivity index (χ0) is 20.1. The molecule has 0 amide bonds. The van der Waals surface area contributed by atoms with E-state index in [0.717, 1.165) is 29.5 Å². The molecule has 1 aliphatic carbocycles. The Morgan fingerprint density at radius 2 is 2.00 bits per heavy atom. The Balaban J connectivity index is 1.41. The molecule has 0 N–H and O–H groups in total. The molecule has 1 aromatic carbocycles. The first-order valence-electron chi connectivity index (χ1n) is 9.48. The van der Waals surface area contributed by atoms with Gasteiger partial charge in [0.05, 0.1) is 16.6 Å². The predicted octanol–water partition coefficient (Wildman–Crippen LogP) is 4.50. The summed E-state index contributed by atoms with van der Waals surface area (Å²) in [5, 5.41) is 5.30. The van der Waals surface area contributed by atoms with Crippen molar-refractivity contribution in [2.24, 2.45) is 0 Å².